The number of hydrogen-bond donors (Lipinski definition) is 3. The van der Waals surface area contributed by atoms with Crippen molar-refractivity contribution in [3.05, 3.63) is 66.2 Å². The summed E-state index contributed by atoms with van der Waals surface area (Å²) >= 11 is 5.41. The molecule has 3 rings (SSSR count). The number of benzene rings is 2. The molecule has 1 saturated heterocycles. The Balaban J connectivity index is 1.68. The molecule has 34 heavy (non-hydrogen) atoms. The summed E-state index contributed by atoms with van der Waals surface area (Å²) in [6.45, 7) is 1.90. The third kappa shape index (κ3) is 7.87. The molecule has 3 N–H and O–H groups in total. The normalized spacial score (nSPS) is 20.7. The van der Waals surface area contributed by atoms with Gasteiger partial charge in [0.1, 0.15) is 11.0 Å². The van der Waals surface area contributed by atoms with Gasteiger partial charge in [-0.05, 0) is 50.2 Å². The molecule has 1 heterocycles. The Hall–Kier alpha value is -1.81. The summed E-state index contributed by atoms with van der Waals surface area (Å²) in [4.78, 5) is 29.1. The number of carbonyl (C=O) groups is 2. The van der Waals surface area contributed by atoms with Crippen LogP contribution in [0.25, 0.3) is 0 Å². The lowest BCUT2D eigenvalue weighted by Gasteiger charge is -2.28. The highest BCUT2D eigenvalue weighted by molar-refractivity contribution is 9.09. The summed E-state index contributed by atoms with van der Waals surface area (Å²) in [6, 6.07) is 19.2. The number of alkyl halides is 1. The molecule has 6 nitrogen and oxygen atoms in total. The number of thioether (sulfide) groups is 1. The Labute approximate surface area is 214 Å². The highest BCUT2D eigenvalue weighted by Gasteiger charge is 2.46. The van der Waals surface area contributed by atoms with E-state index in [1.807, 2.05) is 67.6 Å². The molecule has 9 heteroatoms. The minimum Gasteiger partial charge on any atom is -0.427 e. The second-order valence-corrected chi connectivity index (χ2v) is 11.0. The van der Waals surface area contributed by atoms with Crippen LogP contribution in [0.2, 0.25) is 6.32 Å². The zero-order chi connectivity index (χ0) is 24.5. The molecule has 0 saturated carbocycles. The van der Waals surface area contributed by atoms with Gasteiger partial charge in [-0.25, -0.2) is 0 Å². The van der Waals surface area contributed by atoms with E-state index in [-0.39, 0.29) is 34.4 Å². The summed E-state index contributed by atoms with van der Waals surface area (Å²) in [5.41, 5.74) is 1.09. The quantitative estimate of drug-likeness (QED) is 0.226. The maximum absolute atomic E-state index is 13.3. The first-order chi connectivity index (χ1) is 16.3. The van der Waals surface area contributed by atoms with Crippen molar-refractivity contribution in [2.45, 2.75) is 72.5 Å². The first-order valence-electron chi connectivity index (χ1n) is 11.7. The van der Waals surface area contributed by atoms with Crippen LogP contribution < -0.4 is 5.32 Å². The van der Waals surface area contributed by atoms with E-state index < -0.39 is 13.2 Å². The number of amides is 2. The highest BCUT2D eigenvalue weighted by Crippen LogP contribution is 2.40. The van der Waals surface area contributed by atoms with Crippen molar-refractivity contribution in [1.29, 1.82) is 0 Å². The molecule has 0 aromatic heterocycles. The van der Waals surface area contributed by atoms with E-state index in [4.69, 9.17) is 10.0 Å². The molecule has 2 aromatic carbocycles. The van der Waals surface area contributed by atoms with Crippen LogP contribution in [0.3, 0.4) is 0 Å². The fraction of sp³-hybridized carbons (Fsp3) is 0.440. The van der Waals surface area contributed by atoms with E-state index in [9.17, 15) is 9.59 Å². The van der Waals surface area contributed by atoms with Crippen LogP contribution in [-0.4, -0.2) is 56.2 Å². The summed E-state index contributed by atoms with van der Waals surface area (Å²) in [6.07, 6.45) is 3.02. The van der Waals surface area contributed by atoms with Gasteiger partial charge < -0.3 is 20.3 Å². The van der Waals surface area contributed by atoms with Gasteiger partial charge in [0.25, 0.3) is 0 Å². The second-order valence-electron chi connectivity index (χ2n) is 8.70. The monoisotopic (exact) mass is 546 g/mol. The smallest absolute Gasteiger partial charge is 0.427 e. The van der Waals surface area contributed by atoms with E-state index in [1.165, 1.54) is 0 Å². The molecule has 2 amide bonds. The lowest BCUT2D eigenvalue weighted by atomic mass is 9.83. The van der Waals surface area contributed by atoms with Crippen LogP contribution >= 0.6 is 27.7 Å². The SMILES string of the molecule is CC(CCCB(O)O)NC(=O)C1C[C@@H](Sc2ccccc2)C(Br)N1C(=O)CCc1ccccc1. The zero-order valence-corrected chi connectivity index (χ0v) is 21.7. The van der Waals surface area contributed by atoms with E-state index >= 15 is 0 Å². The van der Waals surface area contributed by atoms with Gasteiger partial charge in [-0.3, -0.25) is 9.59 Å². The predicted octanol–water partition coefficient (Wildman–Crippen LogP) is 3.86. The number of likely N-dealkylation sites (tertiary alicyclic amines) is 1. The van der Waals surface area contributed by atoms with E-state index in [2.05, 4.69) is 21.2 Å². The molecular weight excluding hydrogens is 515 g/mol. The molecule has 1 aliphatic rings. The minimum absolute atomic E-state index is 0.0404. The van der Waals surface area contributed by atoms with Gasteiger partial charge in [0.05, 0.1) is 0 Å². The van der Waals surface area contributed by atoms with Gasteiger partial charge >= 0.3 is 7.12 Å². The van der Waals surface area contributed by atoms with Gasteiger partial charge in [0.15, 0.2) is 0 Å². The number of aryl methyl sites for hydroxylation is 1. The largest absolute Gasteiger partial charge is 0.451 e. The van der Waals surface area contributed by atoms with Crippen LogP contribution in [0.15, 0.2) is 65.6 Å². The van der Waals surface area contributed by atoms with Crippen molar-refractivity contribution < 1.29 is 19.6 Å². The number of halogens is 1. The summed E-state index contributed by atoms with van der Waals surface area (Å²) in [7, 11) is -1.33. The van der Waals surface area contributed by atoms with Crippen molar-refractivity contribution >= 4 is 46.6 Å². The fourth-order valence-electron chi connectivity index (χ4n) is 4.16. The maximum atomic E-state index is 13.3. The molecule has 1 aliphatic heterocycles. The lowest BCUT2D eigenvalue weighted by molar-refractivity contribution is -0.139. The van der Waals surface area contributed by atoms with Gasteiger partial charge in [-0.15, -0.1) is 11.8 Å². The molecule has 2 aromatic rings. The second kappa shape index (κ2) is 13.3. The van der Waals surface area contributed by atoms with Crippen LogP contribution in [-0.2, 0) is 16.0 Å². The first kappa shape index (κ1) is 26.8. The van der Waals surface area contributed by atoms with Crippen molar-refractivity contribution in [3.8, 4) is 0 Å². The molecule has 0 spiro atoms. The standard InChI is InChI=1S/C25H32BBrN2O4S/c1-18(9-8-16-26(32)33)28-25(31)21-17-22(34-20-12-6-3-7-13-20)24(27)29(21)23(30)15-14-19-10-4-2-5-11-19/h2-7,10-13,18,21-22,24,32-33H,8-9,14-17H2,1H3,(H,28,31)/t18?,21?,22-,24?/m1/s1. The number of hydrogen-bond acceptors (Lipinski definition) is 5. The number of nitrogens with zero attached hydrogens (tertiary/aromatic N) is 1. The van der Waals surface area contributed by atoms with Crippen molar-refractivity contribution in [3.63, 3.8) is 0 Å². The zero-order valence-electron chi connectivity index (χ0n) is 19.3. The molecule has 0 aliphatic carbocycles. The van der Waals surface area contributed by atoms with Crippen LogP contribution in [0.1, 0.15) is 38.2 Å². The maximum Gasteiger partial charge on any atom is 0.451 e. The molecule has 3 unspecified atom stereocenters. The summed E-state index contributed by atoms with van der Waals surface area (Å²) in [5.74, 6) is -0.205. The van der Waals surface area contributed by atoms with Gasteiger partial charge in [0.2, 0.25) is 11.8 Å². The average molecular weight is 547 g/mol. The Morgan fingerprint density at radius 1 is 1.15 bits per heavy atom. The van der Waals surface area contributed by atoms with Crippen LogP contribution in [0.4, 0.5) is 0 Å². The fourth-order valence-corrected chi connectivity index (χ4v) is 6.40. The third-order valence-corrected chi connectivity index (χ3v) is 8.67. The number of nitrogens with one attached hydrogen (secondary N) is 1. The number of carbonyl (C=O) groups excluding carboxylic acids is 2. The lowest BCUT2D eigenvalue weighted by Crippen LogP contribution is -2.49. The van der Waals surface area contributed by atoms with Crippen LogP contribution in [0.5, 0.6) is 0 Å². The Morgan fingerprint density at radius 2 is 1.79 bits per heavy atom. The van der Waals surface area contributed by atoms with Crippen LogP contribution in [0, 0.1) is 0 Å². The number of rotatable bonds is 11. The van der Waals surface area contributed by atoms with E-state index in [0.717, 1.165) is 10.5 Å². The molecule has 182 valence electrons. The Bertz CT molecular complexity index is 922. The average Bonchev–Trinajstić information content (AvgIpc) is 3.14. The molecular formula is C25H32BBrN2O4S. The van der Waals surface area contributed by atoms with E-state index in [1.54, 1.807) is 16.7 Å². The van der Waals surface area contributed by atoms with Gasteiger partial charge in [-0.1, -0.05) is 70.9 Å². The van der Waals surface area contributed by atoms with Gasteiger partial charge in [-0.2, -0.15) is 0 Å². The van der Waals surface area contributed by atoms with Crippen molar-refractivity contribution in [2.75, 3.05) is 0 Å². The van der Waals surface area contributed by atoms with Gasteiger partial charge in [0, 0.05) is 22.6 Å². The minimum atomic E-state index is -1.33. The molecule has 4 atom stereocenters. The van der Waals surface area contributed by atoms with Crippen molar-refractivity contribution in [2.24, 2.45) is 0 Å². The Morgan fingerprint density at radius 3 is 2.44 bits per heavy atom. The van der Waals surface area contributed by atoms with E-state index in [0.29, 0.717) is 32.1 Å². The molecule has 1 fully saturated rings. The van der Waals surface area contributed by atoms with Crippen molar-refractivity contribution in [1.82, 2.24) is 10.2 Å². The Kier molecular flexibility index (Phi) is 10.5. The molecule has 0 radical (unpaired) electrons. The third-order valence-electron chi connectivity index (χ3n) is 5.94. The summed E-state index contributed by atoms with van der Waals surface area (Å²) < 4.78 is 0. The topological polar surface area (TPSA) is 89.9 Å². The first-order valence-corrected chi connectivity index (χ1v) is 13.5. The summed E-state index contributed by atoms with van der Waals surface area (Å²) in [5, 5.41) is 21.2. The predicted molar refractivity (Wildman–Crippen MR) is 141 cm³/mol. The highest BCUT2D eigenvalue weighted by atomic mass is 79.9. The molecule has 0 bridgehead atoms.